The summed E-state index contributed by atoms with van der Waals surface area (Å²) < 4.78 is 6.72. The maximum absolute atomic E-state index is 13.5. The largest absolute Gasteiger partial charge is 0.503 e. The number of ether oxygens (including phenoxy) is 1. The zero-order valence-electron chi connectivity index (χ0n) is 19.0. The minimum atomic E-state index is -0.835. The summed E-state index contributed by atoms with van der Waals surface area (Å²) in [5, 5.41) is 16.3. The van der Waals surface area contributed by atoms with E-state index in [4.69, 9.17) is 4.74 Å². The van der Waals surface area contributed by atoms with Crippen molar-refractivity contribution in [2.45, 2.75) is 13.5 Å². The fourth-order valence-corrected chi connectivity index (χ4v) is 3.65. The first kappa shape index (κ1) is 23.5. The van der Waals surface area contributed by atoms with Gasteiger partial charge in [0.2, 0.25) is 5.91 Å². The average molecular weight is 473 g/mol. The van der Waals surface area contributed by atoms with Gasteiger partial charge in [-0.3, -0.25) is 9.59 Å². The molecule has 3 N–H and O–H groups in total. The lowest BCUT2D eigenvalue weighted by atomic mass is 10.0. The van der Waals surface area contributed by atoms with E-state index in [0.29, 0.717) is 22.0 Å². The number of rotatable bonds is 7. The zero-order chi connectivity index (χ0) is 24.8. The third kappa shape index (κ3) is 5.47. The van der Waals surface area contributed by atoms with Gasteiger partial charge in [-0.25, -0.2) is 9.78 Å². The Morgan fingerprint density at radius 2 is 1.66 bits per heavy atom. The van der Waals surface area contributed by atoms with Crippen molar-refractivity contribution < 1.29 is 19.4 Å². The van der Waals surface area contributed by atoms with Gasteiger partial charge in [-0.2, -0.15) is 0 Å². The van der Waals surface area contributed by atoms with Crippen LogP contribution in [0.15, 0.2) is 77.7 Å². The first-order valence-electron chi connectivity index (χ1n) is 11.0. The number of hydrogen-bond donors (Lipinski definition) is 3. The van der Waals surface area contributed by atoms with Crippen LogP contribution < -0.4 is 20.9 Å². The molecule has 0 bridgehead atoms. The standard InChI is InChI=1S/C26H24N4O5/c1-17(31)27-12-13-28-26(34)35-24-23(32)21-14-20(19-10-6-3-7-11-19)25(33)30(22(21)15-29-24)16-18-8-4-2-5-9-18/h2-11,14-15,32H,12-13,16H2,1H3,(H,27,31)(H,28,34). The predicted molar refractivity (Wildman–Crippen MR) is 131 cm³/mol. The molecule has 2 heterocycles. The smallest absolute Gasteiger partial charge is 0.414 e. The number of nitrogens with zero attached hydrogens (tertiary/aromatic N) is 2. The summed E-state index contributed by atoms with van der Waals surface area (Å²) in [6.45, 7) is 2.01. The molecule has 0 radical (unpaired) electrons. The Morgan fingerprint density at radius 3 is 2.34 bits per heavy atom. The second-order valence-corrected chi connectivity index (χ2v) is 7.81. The highest BCUT2D eigenvalue weighted by Gasteiger charge is 2.19. The third-order valence-electron chi connectivity index (χ3n) is 5.32. The van der Waals surface area contributed by atoms with Crippen molar-refractivity contribution in [3.05, 3.63) is 88.8 Å². The lowest BCUT2D eigenvalue weighted by molar-refractivity contribution is -0.118. The van der Waals surface area contributed by atoms with Crippen molar-refractivity contribution in [3.63, 3.8) is 0 Å². The number of carbonyl (C=O) groups is 2. The Bertz CT molecular complexity index is 1420. The number of amides is 2. The minimum absolute atomic E-state index is 0.140. The van der Waals surface area contributed by atoms with Crippen molar-refractivity contribution >= 4 is 22.9 Å². The van der Waals surface area contributed by atoms with Crippen molar-refractivity contribution in [1.82, 2.24) is 20.2 Å². The summed E-state index contributed by atoms with van der Waals surface area (Å²) in [6, 6.07) is 20.2. The van der Waals surface area contributed by atoms with Crippen LogP contribution in [0.2, 0.25) is 0 Å². The molecule has 35 heavy (non-hydrogen) atoms. The van der Waals surface area contributed by atoms with Gasteiger partial charge in [0.1, 0.15) is 0 Å². The van der Waals surface area contributed by atoms with Crippen LogP contribution in [0.1, 0.15) is 12.5 Å². The van der Waals surface area contributed by atoms with Crippen molar-refractivity contribution in [3.8, 4) is 22.8 Å². The van der Waals surface area contributed by atoms with E-state index in [0.717, 1.165) is 5.56 Å². The molecule has 0 saturated heterocycles. The number of hydrogen-bond acceptors (Lipinski definition) is 6. The van der Waals surface area contributed by atoms with Crippen LogP contribution in [0, 0.1) is 0 Å². The molecule has 0 unspecified atom stereocenters. The summed E-state index contributed by atoms with van der Waals surface area (Å²) in [4.78, 5) is 40.6. The van der Waals surface area contributed by atoms with Gasteiger partial charge >= 0.3 is 6.09 Å². The van der Waals surface area contributed by atoms with E-state index in [-0.39, 0.29) is 42.7 Å². The van der Waals surface area contributed by atoms with Crippen LogP contribution in [-0.4, -0.2) is 39.7 Å². The van der Waals surface area contributed by atoms with Crippen LogP contribution in [-0.2, 0) is 11.3 Å². The summed E-state index contributed by atoms with van der Waals surface area (Å²) in [7, 11) is 0. The highest BCUT2D eigenvalue weighted by atomic mass is 16.6. The van der Waals surface area contributed by atoms with Crippen LogP contribution >= 0.6 is 0 Å². The predicted octanol–water partition coefficient (Wildman–Crippen LogP) is 3.04. The molecule has 4 aromatic rings. The fourth-order valence-electron chi connectivity index (χ4n) is 3.65. The molecular weight excluding hydrogens is 448 g/mol. The van der Waals surface area contributed by atoms with Gasteiger partial charge in [0.25, 0.3) is 11.4 Å². The van der Waals surface area contributed by atoms with E-state index in [2.05, 4.69) is 15.6 Å². The molecule has 0 fully saturated rings. The number of benzene rings is 2. The molecule has 2 aromatic heterocycles. The summed E-state index contributed by atoms with van der Waals surface area (Å²) in [6.07, 6.45) is 0.562. The summed E-state index contributed by atoms with van der Waals surface area (Å²) >= 11 is 0. The molecule has 0 aliphatic rings. The number of fused-ring (bicyclic) bond motifs is 1. The molecule has 0 saturated carbocycles. The Kier molecular flexibility index (Phi) is 7.06. The van der Waals surface area contributed by atoms with Gasteiger partial charge in [-0.15, -0.1) is 0 Å². The molecular formula is C26H24N4O5. The maximum atomic E-state index is 13.5. The van der Waals surface area contributed by atoms with Crippen LogP contribution in [0.4, 0.5) is 4.79 Å². The molecule has 2 amide bonds. The van der Waals surface area contributed by atoms with E-state index in [1.165, 1.54) is 17.7 Å². The molecule has 0 spiro atoms. The molecule has 178 valence electrons. The molecule has 2 aromatic carbocycles. The fraction of sp³-hybridized carbons (Fsp3) is 0.154. The lowest BCUT2D eigenvalue weighted by Crippen LogP contribution is -2.35. The first-order valence-corrected chi connectivity index (χ1v) is 11.0. The maximum Gasteiger partial charge on any atom is 0.414 e. The van der Waals surface area contributed by atoms with E-state index in [9.17, 15) is 19.5 Å². The summed E-state index contributed by atoms with van der Waals surface area (Å²) in [5.74, 6) is -0.873. The second-order valence-electron chi connectivity index (χ2n) is 7.81. The zero-order valence-corrected chi connectivity index (χ0v) is 19.0. The third-order valence-corrected chi connectivity index (χ3v) is 5.32. The van der Waals surface area contributed by atoms with Crippen molar-refractivity contribution in [1.29, 1.82) is 0 Å². The lowest BCUT2D eigenvalue weighted by Gasteiger charge is -2.15. The summed E-state index contributed by atoms with van der Waals surface area (Å²) in [5.41, 5.74) is 2.14. The minimum Gasteiger partial charge on any atom is -0.503 e. The highest BCUT2D eigenvalue weighted by Crippen LogP contribution is 2.34. The van der Waals surface area contributed by atoms with Gasteiger partial charge in [-0.05, 0) is 17.2 Å². The molecule has 4 rings (SSSR count). The van der Waals surface area contributed by atoms with Crippen molar-refractivity contribution in [2.24, 2.45) is 0 Å². The van der Waals surface area contributed by atoms with E-state index >= 15 is 0 Å². The molecule has 0 aliphatic heterocycles. The van der Waals surface area contributed by atoms with Gasteiger partial charge in [-0.1, -0.05) is 60.7 Å². The molecule has 9 nitrogen and oxygen atoms in total. The average Bonchev–Trinajstić information content (AvgIpc) is 2.86. The van der Waals surface area contributed by atoms with Gasteiger partial charge in [0.15, 0.2) is 5.75 Å². The number of aromatic hydroxyl groups is 1. The molecule has 0 aliphatic carbocycles. The number of pyridine rings is 2. The molecule has 9 heteroatoms. The second kappa shape index (κ2) is 10.5. The number of nitrogens with one attached hydrogen (secondary N) is 2. The van der Waals surface area contributed by atoms with Crippen LogP contribution in [0.3, 0.4) is 0 Å². The topological polar surface area (TPSA) is 123 Å². The van der Waals surface area contributed by atoms with E-state index in [1.807, 2.05) is 60.7 Å². The normalized spacial score (nSPS) is 10.7. The van der Waals surface area contributed by atoms with Gasteiger partial charge in [0, 0.05) is 31.0 Å². The molecule has 0 atom stereocenters. The Hall–Kier alpha value is -4.66. The van der Waals surface area contributed by atoms with Gasteiger partial charge in [0.05, 0.1) is 18.3 Å². The van der Waals surface area contributed by atoms with Crippen molar-refractivity contribution in [2.75, 3.05) is 13.1 Å². The van der Waals surface area contributed by atoms with Crippen LogP contribution in [0.5, 0.6) is 11.6 Å². The monoisotopic (exact) mass is 472 g/mol. The number of carbonyl (C=O) groups excluding carboxylic acids is 2. The van der Waals surface area contributed by atoms with Gasteiger partial charge < -0.3 is 25.0 Å². The Morgan fingerprint density at radius 1 is 1.00 bits per heavy atom. The Labute approximate surface area is 201 Å². The highest BCUT2D eigenvalue weighted by molar-refractivity contribution is 5.90. The number of aromatic nitrogens is 2. The van der Waals surface area contributed by atoms with E-state index < -0.39 is 6.09 Å². The SMILES string of the molecule is CC(=O)NCCNC(=O)Oc1ncc2c(cc(-c3ccccc3)c(=O)n2Cc2ccccc2)c1O. The van der Waals surface area contributed by atoms with Crippen LogP contribution in [0.25, 0.3) is 22.0 Å². The quantitative estimate of drug-likeness (QED) is 0.356. The Balaban J connectivity index is 1.74. The van der Waals surface area contributed by atoms with E-state index in [1.54, 1.807) is 6.07 Å². The first-order chi connectivity index (χ1) is 16.9.